The number of hydrogen-bond donors (Lipinski definition) is 1. The van der Waals surface area contributed by atoms with Crippen molar-refractivity contribution in [2.75, 3.05) is 13.2 Å². The lowest BCUT2D eigenvalue weighted by atomic mass is 10.1. The highest BCUT2D eigenvalue weighted by Crippen LogP contribution is 2.33. The number of rotatable bonds is 6. The van der Waals surface area contributed by atoms with Crippen LogP contribution in [0.2, 0.25) is 0 Å². The van der Waals surface area contributed by atoms with E-state index in [-0.39, 0.29) is 11.8 Å². The van der Waals surface area contributed by atoms with Crippen molar-refractivity contribution in [2.45, 2.75) is 45.1 Å². The molecule has 8 nitrogen and oxygen atoms in total. The quantitative estimate of drug-likeness (QED) is 0.721. The van der Waals surface area contributed by atoms with Crippen LogP contribution in [0, 0.1) is 11.8 Å². The van der Waals surface area contributed by atoms with Crippen molar-refractivity contribution in [3.8, 4) is 0 Å². The van der Waals surface area contributed by atoms with Crippen molar-refractivity contribution >= 4 is 11.9 Å². The Morgan fingerprint density at radius 3 is 2.56 bits per heavy atom. The van der Waals surface area contributed by atoms with Gasteiger partial charge in [-0.15, -0.1) is 0 Å². The fourth-order valence-corrected chi connectivity index (χ4v) is 3.36. The summed E-state index contributed by atoms with van der Waals surface area (Å²) in [5.41, 5.74) is 2.04. The van der Waals surface area contributed by atoms with Crippen molar-refractivity contribution in [3.63, 3.8) is 0 Å². The maximum Gasteiger partial charge on any atom is 0.490 e. The summed E-state index contributed by atoms with van der Waals surface area (Å²) in [5, 5.41) is 7.12. The molecule has 174 valence electrons. The summed E-state index contributed by atoms with van der Waals surface area (Å²) >= 11 is 0. The van der Waals surface area contributed by atoms with Gasteiger partial charge in [0.25, 0.3) is 0 Å². The van der Waals surface area contributed by atoms with Gasteiger partial charge in [0.05, 0.1) is 37.5 Å². The zero-order valence-corrected chi connectivity index (χ0v) is 17.4. The number of aliphatic carboxylic acids is 1. The summed E-state index contributed by atoms with van der Waals surface area (Å²) in [6.45, 7) is 3.36. The summed E-state index contributed by atoms with van der Waals surface area (Å²) in [4.78, 5) is 32.0. The van der Waals surface area contributed by atoms with Gasteiger partial charge in [0.15, 0.2) is 0 Å². The second-order valence-electron chi connectivity index (χ2n) is 7.96. The molecule has 1 N–H and O–H groups in total. The number of hydrogen-bond acceptors (Lipinski definition) is 5. The predicted octanol–water partition coefficient (Wildman–Crippen LogP) is 2.89. The first-order chi connectivity index (χ1) is 15.2. The largest absolute Gasteiger partial charge is 0.490 e. The highest BCUT2D eigenvalue weighted by Gasteiger charge is 2.38. The minimum Gasteiger partial charge on any atom is -0.475 e. The van der Waals surface area contributed by atoms with E-state index in [1.807, 2.05) is 35.6 Å². The number of amides is 1. The van der Waals surface area contributed by atoms with E-state index in [4.69, 9.17) is 14.6 Å². The molecular formula is C21H25F3N4O4. The van der Waals surface area contributed by atoms with Gasteiger partial charge in [-0.25, -0.2) is 9.78 Å². The molecule has 1 aliphatic heterocycles. The predicted molar refractivity (Wildman–Crippen MR) is 106 cm³/mol. The van der Waals surface area contributed by atoms with E-state index < -0.39 is 12.1 Å². The molecule has 2 aromatic heterocycles. The third-order valence-electron chi connectivity index (χ3n) is 5.17. The molecule has 4 rings (SSSR count). The second kappa shape index (κ2) is 10.6. The first kappa shape index (κ1) is 23.7. The molecule has 1 fully saturated rings. The van der Waals surface area contributed by atoms with Crippen molar-refractivity contribution < 1.29 is 32.6 Å². The van der Waals surface area contributed by atoms with Crippen LogP contribution in [0.5, 0.6) is 0 Å². The number of imidazole rings is 1. The highest BCUT2D eigenvalue weighted by molar-refractivity contribution is 5.76. The van der Waals surface area contributed by atoms with Crippen LogP contribution in [0.3, 0.4) is 0 Å². The molecule has 1 aliphatic carbocycles. The topological polar surface area (TPSA) is 97.5 Å². The van der Waals surface area contributed by atoms with E-state index in [1.54, 1.807) is 6.20 Å². The summed E-state index contributed by atoms with van der Waals surface area (Å²) in [6, 6.07) is 5.83. The van der Waals surface area contributed by atoms with Crippen LogP contribution in [0.25, 0.3) is 0 Å². The number of carbonyl (C=O) groups is 2. The molecule has 2 aromatic rings. The molecule has 0 saturated heterocycles. The van der Waals surface area contributed by atoms with Crippen LogP contribution in [-0.4, -0.2) is 55.7 Å². The Labute approximate surface area is 183 Å². The highest BCUT2D eigenvalue weighted by atomic mass is 19.4. The van der Waals surface area contributed by atoms with Crippen LogP contribution < -0.4 is 0 Å². The molecule has 0 bridgehead atoms. The number of carboxylic acids is 1. The van der Waals surface area contributed by atoms with Gasteiger partial charge in [0.2, 0.25) is 5.91 Å². The number of fused-ring (bicyclic) bond motifs is 1. The first-order valence-electron chi connectivity index (χ1n) is 10.3. The number of carboxylic acid groups (broad SMARTS) is 1. The molecule has 1 atom stereocenters. The molecule has 0 aromatic carbocycles. The Kier molecular flexibility index (Phi) is 7.84. The zero-order chi connectivity index (χ0) is 23.1. The SMILES string of the molecule is O=C(CC1CC1)N1Cc2cncn2CC(COCc2ccccn2)C1.O=C(O)C(F)(F)F. The van der Waals surface area contributed by atoms with E-state index in [0.717, 1.165) is 24.5 Å². The molecule has 1 amide bonds. The molecule has 0 spiro atoms. The summed E-state index contributed by atoms with van der Waals surface area (Å²) in [5.74, 6) is -1.61. The van der Waals surface area contributed by atoms with E-state index in [1.165, 1.54) is 12.8 Å². The van der Waals surface area contributed by atoms with E-state index in [9.17, 15) is 18.0 Å². The van der Waals surface area contributed by atoms with Crippen LogP contribution in [-0.2, 0) is 34.0 Å². The average molecular weight is 454 g/mol. The van der Waals surface area contributed by atoms with Crippen LogP contribution >= 0.6 is 0 Å². The van der Waals surface area contributed by atoms with E-state index >= 15 is 0 Å². The molecule has 32 heavy (non-hydrogen) atoms. The third kappa shape index (κ3) is 7.33. The third-order valence-corrected chi connectivity index (χ3v) is 5.17. The number of aromatic nitrogens is 3. The Morgan fingerprint density at radius 2 is 1.94 bits per heavy atom. The van der Waals surface area contributed by atoms with Crippen LogP contribution in [0.15, 0.2) is 36.9 Å². The first-order valence-corrected chi connectivity index (χ1v) is 10.3. The molecule has 11 heteroatoms. The van der Waals surface area contributed by atoms with Gasteiger partial charge in [-0.05, 0) is 30.9 Å². The molecule has 1 saturated carbocycles. The van der Waals surface area contributed by atoms with Gasteiger partial charge >= 0.3 is 12.1 Å². The van der Waals surface area contributed by atoms with Crippen molar-refractivity contribution in [1.29, 1.82) is 0 Å². The number of pyridine rings is 1. The average Bonchev–Trinajstić information content (AvgIpc) is 3.49. The van der Waals surface area contributed by atoms with Crippen LogP contribution in [0.1, 0.15) is 30.7 Å². The summed E-state index contributed by atoms with van der Waals surface area (Å²) in [7, 11) is 0. The maximum atomic E-state index is 12.6. The van der Waals surface area contributed by atoms with Crippen molar-refractivity contribution in [3.05, 3.63) is 48.3 Å². The Morgan fingerprint density at radius 1 is 1.19 bits per heavy atom. The molecule has 2 aliphatic rings. The lowest BCUT2D eigenvalue weighted by molar-refractivity contribution is -0.192. The van der Waals surface area contributed by atoms with Gasteiger partial charge < -0.3 is 19.3 Å². The number of carbonyl (C=O) groups excluding carboxylic acids is 1. The van der Waals surface area contributed by atoms with Gasteiger partial charge in [-0.1, -0.05) is 6.07 Å². The fourth-order valence-electron chi connectivity index (χ4n) is 3.36. The number of halogens is 3. The molecular weight excluding hydrogens is 429 g/mol. The molecule has 1 unspecified atom stereocenters. The van der Waals surface area contributed by atoms with E-state index in [0.29, 0.717) is 32.1 Å². The summed E-state index contributed by atoms with van der Waals surface area (Å²) in [6.07, 6.45) is 3.52. The Bertz CT molecular complexity index is 900. The normalized spacial score (nSPS) is 18.2. The zero-order valence-electron chi connectivity index (χ0n) is 17.4. The Hall–Kier alpha value is -2.95. The Balaban J connectivity index is 0.000000360. The number of alkyl halides is 3. The van der Waals surface area contributed by atoms with Gasteiger partial charge in [-0.3, -0.25) is 9.78 Å². The number of nitrogens with zero attached hydrogens (tertiary/aromatic N) is 4. The monoisotopic (exact) mass is 454 g/mol. The minimum atomic E-state index is -5.08. The van der Waals surface area contributed by atoms with Crippen molar-refractivity contribution in [2.24, 2.45) is 11.8 Å². The maximum absolute atomic E-state index is 12.6. The molecule has 3 heterocycles. The van der Waals surface area contributed by atoms with Crippen molar-refractivity contribution in [1.82, 2.24) is 19.4 Å². The second-order valence-corrected chi connectivity index (χ2v) is 7.96. The van der Waals surface area contributed by atoms with Gasteiger partial charge in [0, 0.05) is 37.8 Å². The molecule has 0 radical (unpaired) electrons. The van der Waals surface area contributed by atoms with E-state index in [2.05, 4.69) is 14.5 Å². The standard InChI is InChI=1S/C19H24N4O2.C2HF3O2/c24-19(7-15-4-5-15)22-9-16(10-23-14-20-8-18(23)11-22)12-25-13-17-3-1-2-6-21-17;3-2(4,5)1(6)7/h1-3,6,8,14-16H,4-5,7,9-13H2;(H,6,7). The van der Waals surface area contributed by atoms with Gasteiger partial charge in [-0.2, -0.15) is 13.2 Å². The number of ether oxygens (including phenoxy) is 1. The minimum absolute atomic E-state index is 0.266. The van der Waals surface area contributed by atoms with Crippen LogP contribution in [0.4, 0.5) is 13.2 Å². The lowest BCUT2D eigenvalue weighted by Gasteiger charge is -2.24. The summed E-state index contributed by atoms with van der Waals surface area (Å²) < 4.78 is 39.8. The fraction of sp³-hybridized carbons (Fsp3) is 0.524. The lowest BCUT2D eigenvalue weighted by Crippen LogP contribution is -2.35. The van der Waals surface area contributed by atoms with Gasteiger partial charge in [0.1, 0.15) is 0 Å². The smallest absolute Gasteiger partial charge is 0.475 e.